The molecule has 0 bridgehead atoms. The fourth-order valence-electron chi connectivity index (χ4n) is 2.68. The Balaban J connectivity index is 2.74. The lowest BCUT2D eigenvalue weighted by Crippen LogP contribution is -2.50. The molecule has 130 valence electrons. The molecule has 0 aromatic heterocycles. The molecule has 0 radical (unpaired) electrons. The van der Waals surface area contributed by atoms with Gasteiger partial charge in [-0.1, -0.05) is 25.4 Å². The lowest BCUT2D eigenvalue weighted by Gasteiger charge is -2.39. The van der Waals surface area contributed by atoms with Crippen molar-refractivity contribution in [2.24, 2.45) is 5.92 Å². The molecule has 0 saturated heterocycles. The monoisotopic (exact) mass is 360 g/mol. The highest BCUT2D eigenvalue weighted by Gasteiger charge is 2.37. The van der Waals surface area contributed by atoms with Crippen molar-refractivity contribution >= 4 is 27.3 Å². The Hall–Kier alpha value is -0.980. The van der Waals surface area contributed by atoms with Gasteiger partial charge in [0.05, 0.1) is 17.8 Å². The molecule has 0 aliphatic carbocycles. The first kappa shape index (κ1) is 18.4. The van der Waals surface area contributed by atoms with Gasteiger partial charge in [-0.05, 0) is 32.8 Å². The molecular weight excluding hydrogens is 336 g/mol. The van der Waals surface area contributed by atoms with E-state index in [2.05, 4.69) is 30.4 Å². The molecule has 0 fully saturated rings. The number of rotatable bonds is 2. The van der Waals surface area contributed by atoms with Crippen LogP contribution in [0.25, 0.3) is 0 Å². The number of fused-ring (bicyclic) bond motifs is 1. The third kappa shape index (κ3) is 3.59. The topological polar surface area (TPSA) is 58.6 Å². The Bertz CT molecular complexity index is 696. The molecular formula is C16H25ClN2O3S. The number of hydrogen-bond donors (Lipinski definition) is 1. The molecule has 23 heavy (non-hydrogen) atoms. The molecule has 1 N–H and O–H groups in total. The highest BCUT2D eigenvalue weighted by molar-refractivity contribution is 7.89. The normalized spacial score (nSPS) is 21.0. The minimum absolute atomic E-state index is 0.168. The molecule has 7 heteroatoms. The fraction of sp³-hybridized carbons (Fsp3) is 0.625. The van der Waals surface area contributed by atoms with Gasteiger partial charge >= 0.3 is 0 Å². The Morgan fingerprint density at radius 3 is 2.43 bits per heavy atom. The lowest BCUT2D eigenvalue weighted by atomic mass is 9.99. The van der Waals surface area contributed by atoms with Gasteiger partial charge in [-0.15, -0.1) is 0 Å². The van der Waals surface area contributed by atoms with Gasteiger partial charge in [0.1, 0.15) is 10.6 Å². The van der Waals surface area contributed by atoms with Gasteiger partial charge in [0.15, 0.2) is 0 Å². The highest BCUT2D eigenvalue weighted by Crippen LogP contribution is 2.40. The summed E-state index contributed by atoms with van der Waals surface area (Å²) < 4.78 is 33.7. The van der Waals surface area contributed by atoms with Gasteiger partial charge in [0.25, 0.3) is 0 Å². The van der Waals surface area contributed by atoms with E-state index in [1.807, 2.05) is 13.8 Å². The first-order valence-electron chi connectivity index (χ1n) is 7.65. The van der Waals surface area contributed by atoms with Gasteiger partial charge in [0, 0.05) is 24.2 Å². The minimum Gasteiger partial charge on any atom is -0.495 e. The number of benzene rings is 1. The van der Waals surface area contributed by atoms with E-state index in [0.717, 1.165) is 0 Å². The van der Waals surface area contributed by atoms with E-state index in [1.165, 1.54) is 13.2 Å². The van der Waals surface area contributed by atoms with E-state index in [9.17, 15) is 8.42 Å². The predicted molar refractivity (Wildman–Crippen MR) is 94.1 cm³/mol. The van der Waals surface area contributed by atoms with Crippen molar-refractivity contribution in [2.75, 3.05) is 18.6 Å². The number of ether oxygens (including phenoxy) is 1. The standard InChI is InChI=1S/C16H25ClN2O3S/c1-10(2)12-9-19(16(3,4)5)13-7-11(17)14(22-6)8-15(13)23(20,21)18-12/h7-8,10,12,18H,9H2,1-6H3/t12-/m0/s1. The van der Waals surface area contributed by atoms with Crippen molar-refractivity contribution in [3.63, 3.8) is 0 Å². The van der Waals surface area contributed by atoms with Gasteiger partial charge in [-0.3, -0.25) is 0 Å². The molecule has 0 spiro atoms. The SMILES string of the molecule is COc1cc2c(cc1Cl)N(C(C)(C)C)C[C@@H](C(C)C)NS2(=O)=O. The Morgan fingerprint density at radius 2 is 1.96 bits per heavy atom. The quantitative estimate of drug-likeness (QED) is 0.879. The zero-order valence-corrected chi connectivity index (χ0v) is 16.0. The van der Waals surface area contributed by atoms with E-state index >= 15 is 0 Å². The fourth-order valence-corrected chi connectivity index (χ4v) is 4.50. The third-order valence-corrected chi connectivity index (χ3v) is 5.93. The highest BCUT2D eigenvalue weighted by atomic mass is 35.5. The summed E-state index contributed by atoms with van der Waals surface area (Å²) in [7, 11) is -2.17. The van der Waals surface area contributed by atoms with Crippen molar-refractivity contribution < 1.29 is 13.2 Å². The molecule has 1 aliphatic rings. The maximum absolute atomic E-state index is 12.8. The number of methoxy groups -OCH3 is 1. The van der Waals surface area contributed by atoms with Crippen LogP contribution in [0.2, 0.25) is 5.02 Å². The molecule has 0 amide bonds. The first-order chi connectivity index (χ1) is 10.5. The first-order valence-corrected chi connectivity index (χ1v) is 9.51. The zero-order chi connectivity index (χ0) is 17.6. The summed E-state index contributed by atoms with van der Waals surface area (Å²) in [5.41, 5.74) is 0.361. The summed E-state index contributed by atoms with van der Waals surface area (Å²) in [6.45, 7) is 10.8. The van der Waals surface area contributed by atoms with Gasteiger partial charge in [-0.25, -0.2) is 13.1 Å². The number of hydrogen-bond acceptors (Lipinski definition) is 4. The average molecular weight is 361 g/mol. The molecule has 0 saturated carbocycles. The third-order valence-electron chi connectivity index (χ3n) is 4.11. The van der Waals surface area contributed by atoms with Crippen LogP contribution in [0.4, 0.5) is 5.69 Å². The van der Waals surface area contributed by atoms with Gasteiger partial charge in [-0.2, -0.15) is 0 Å². The largest absolute Gasteiger partial charge is 0.495 e. The number of anilines is 1. The maximum Gasteiger partial charge on any atom is 0.243 e. The smallest absolute Gasteiger partial charge is 0.243 e. The van der Waals surface area contributed by atoms with E-state index in [-0.39, 0.29) is 22.4 Å². The van der Waals surface area contributed by atoms with Crippen LogP contribution in [0.15, 0.2) is 17.0 Å². The van der Waals surface area contributed by atoms with Crippen molar-refractivity contribution in [1.29, 1.82) is 0 Å². The summed E-state index contributed by atoms with van der Waals surface area (Å²) in [6, 6.07) is 3.00. The molecule has 1 atom stereocenters. The Morgan fingerprint density at radius 1 is 1.35 bits per heavy atom. The summed E-state index contributed by atoms with van der Waals surface area (Å²) in [6.07, 6.45) is 0. The molecule has 1 aliphatic heterocycles. The van der Waals surface area contributed by atoms with Crippen molar-refractivity contribution in [2.45, 2.75) is 51.1 Å². The number of halogens is 1. The van der Waals surface area contributed by atoms with Crippen LogP contribution >= 0.6 is 11.6 Å². The number of nitrogens with zero attached hydrogens (tertiary/aromatic N) is 1. The summed E-state index contributed by atoms with van der Waals surface area (Å²) in [5.74, 6) is 0.522. The second-order valence-corrected chi connectivity index (χ2v) is 9.30. The van der Waals surface area contributed by atoms with Crippen molar-refractivity contribution in [3.05, 3.63) is 17.2 Å². The van der Waals surface area contributed by atoms with Gasteiger partial charge < -0.3 is 9.64 Å². The van der Waals surface area contributed by atoms with Crippen LogP contribution in [0.5, 0.6) is 5.75 Å². The molecule has 1 aromatic rings. The van der Waals surface area contributed by atoms with Crippen LogP contribution in [0, 0.1) is 5.92 Å². The molecule has 1 heterocycles. The van der Waals surface area contributed by atoms with Crippen molar-refractivity contribution in [3.8, 4) is 5.75 Å². The molecule has 1 aromatic carbocycles. The maximum atomic E-state index is 12.8. The van der Waals surface area contributed by atoms with E-state index in [0.29, 0.717) is 23.0 Å². The Kier molecular flexibility index (Phi) is 4.91. The number of nitrogens with one attached hydrogen (secondary N) is 1. The van der Waals surface area contributed by atoms with E-state index in [4.69, 9.17) is 16.3 Å². The molecule has 5 nitrogen and oxygen atoms in total. The van der Waals surface area contributed by atoms with Crippen LogP contribution in [-0.2, 0) is 10.0 Å². The molecule has 0 unspecified atom stereocenters. The zero-order valence-electron chi connectivity index (χ0n) is 14.5. The average Bonchev–Trinajstić information content (AvgIpc) is 2.51. The second kappa shape index (κ2) is 6.15. The summed E-state index contributed by atoms with van der Waals surface area (Å²) in [4.78, 5) is 2.30. The van der Waals surface area contributed by atoms with Crippen LogP contribution in [0.1, 0.15) is 34.6 Å². The predicted octanol–water partition coefficient (Wildman–Crippen LogP) is 3.27. The second-order valence-electron chi connectivity index (χ2n) is 7.21. The van der Waals surface area contributed by atoms with Crippen LogP contribution in [-0.4, -0.2) is 33.7 Å². The van der Waals surface area contributed by atoms with Crippen molar-refractivity contribution in [1.82, 2.24) is 4.72 Å². The lowest BCUT2D eigenvalue weighted by molar-refractivity contribution is 0.406. The van der Waals surface area contributed by atoms with E-state index in [1.54, 1.807) is 6.07 Å². The van der Waals surface area contributed by atoms with Crippen LogP contribution < -0.4 is 14.4 Å². The summed E-state index contributed by atoms with van der Waals surface area (Å²) >= 11 is 6.26. The van der Waals surface area contributed by atoms with Crippen LogP contribution in [0.3, 0.4) is 0 Å². The summed E-state index contributed by atoms with van der Waals surface area (Å²) in [5, 5.41) is 0.402. The Labute approximate surface area is 144 Å². The van der Waals surface area contributed by atoms with Gasteiger partial charge in [0.2, 0.25) is 10.0 Å². The number of sulfonamides is 1. The minimum atomic E-state index is -3.65. The van der Waals surface area contributed by atoms with E-state index < -0.39 is 10.0 Å². The molecule has 2 rings (SSSR count).